The minimum Gasteiger partial charge on any atom is -0.385 e. The third-order valence-corrected chi connectivity index (χ3v) is 2.18. The molecule has 1 N–H and O–H groups in total. The van der Waals surface area contributed by atoms with Crippen molar-refractivity contribution in [3.05, 3.63) is 33.9 Å². The van der Waals surface area contributed by atoms with Crippen molar-refractivity contribution in [2.75, 3.05) is 25.6 Å². The zero-order valence-electron chi connectivity index (χ0n) is 9.47. The van der Waals surface area contributed by atoms with Crippen LogP contribution in [-0.4, -0.2) is 25.2 Å². The van der Waals surface area contributed by atoms with Gasteiger partial charge in [-0.25, -0.2) is 0 Å². The molecular formula is C11H13N3O3. The molecule has 0 heterocycles. The van der Waals surface area contributed by atoms with Crippen molar-refractivity contribution in [3.63, 3.8) is 0 Å². The summed E-state index contributed by atoms with van der Waals surface area (Å²) in [5.41, 5.74) is 0.801. The van der Waals surface area contributed by atoms with E-state index in [1.165, 1.54) is 12.1 Å². The van der Waals surface area contributed by atoms with Crippen LogP contribution in [0.1, 0.15) is 12.0 Å². The predicted molar refractivity (Wildman–Crippen MR) is 62.8 cm³/mol. The zero-order valence-corrected chi connectivity index (χ0v) is 9.47. The molecule has 0 amide bonds. The molecule has 6 nitrogen and oxygen atoms in total. The quantitative estimate of drug-likeness (QED) is 0.462. The Bertz CT molecular complexity index is 440. The number of nitrogens with zero attached hydrogens (tertiary/aromatic N) is 2. The molecular weight excluding hydrogens is 222 g/mol. The van der Waals surface area contributed by atoms with Crippen molar-refractivity contribution in [1.29, 1.82) is 5.26 Å². The molecule has 1 aromatic rings. The molecule has 90 valence electrons. The summed E-state index contributed by atoms with van der Waals surface area (Å²) in [6.45, 7) is 1.28. The monoisotopic (exact) mass is 235 g/mol. The number of non-ortho nitro benzene ring substituents is 1. The van der Waals surface area contributed by atoms with Gasteiger partial charge in [0.05, 0.1) is 16.2 Å². The highest BCUT2D eigenvalue weighted by atomic mass is 16.6. The van der Waals surface area contributed by atoms with Gasteiger partial charge in [-0.15, -0.1) is 0 Å². The molecule has 0 aliphatic heterocycles. The van der Waals surface area contributed by atoms with Crippen LogP contribution < -0.4 is 5.32 Å². The second-order valence-corrected chi connectivity index (χ2v) is 3.37. The lowest BCUT2D eigenvalue weighted by atomic mass is 10.1. The third kappa shape index (κ3) is 3.74. The average Bonchev–Trinajstić information content (AvgIpc) is 2.34. The molecule has 0 radical (unpaired) electrons. The van der Waals surface area contributed by atoms with Crippen LogP contribution in [0.3, 0.4) is 0 Å². The van der Waals surface area contributed by atoms with E-state index in [9.17, 15) is 10.1 Å². The van der Waals surface area contributed by atoms with Gasteiger partial charge in [0.25, 0.3) is 5.69 Å². The molecule has 6 heteroatoms. The first kappa shape index (κ1) is 12.9. The highest BCUT2D eigenvalue weighted by Gasteiger charge is 2.09. The highest BCUT2D eigenvalue weighted by molar-refractivity contribution is 5.61. The lowest BCUT2D eigenvalue weighted by Gasteiger charge is -2.07. The fourth-order valence-electron chi connectivity index (χ4n) is 1.33. The standard InChI is InChI=1S/C11H13N3O3/c1-17-6-2-5-13-11-4-3-10(14(15)16)7-9(11)8-12/h3-4,7,13H,2,5-6H2,1H3. The lowest BCUT2D eigenvalue weighted by Crippen LogP contribution is -2.06. The number of anilines is 1. The maximum atomic E-state index is 10.5. The van der Waals surface area contributed by atoms with Gasteiger partial charge >= 0.3 is 0 Å². The maximum Gasteiger partial charge on any atom is 0.270 e. The Balaban J connectivity index is 2.73. The van der Waals surface area contributed by atoms with Crippen LogP contribution in [0.2, 0.25) is 0 Å². The molecule has 1 aromatic carbocycles. The number of methoxy groups -OCH3 is 1. The summed E-state index contributed by atoms with van der Waals surface area (Å²) in [7, 11) is 1.62. The summed E-state index contributed by atoms with van der Waals surface area (Å²) in [5, 5.41) is 22.5. The van der Waals surface area contributed by atoms with Crippen LogP contribution in [-0.2, 0) is 4.74 Å². The number of nitrogens with one attached hydrogen (secondary N) is 1. The molecule has 0 atom stereocenters. The number of rotatable bonds is 6. The fourth-order valence-corrected chi connectivity index (χ4v) is 1.33. The molecule has 0 aliphatic carbocycles. The van der Waals surface area contributed by atoms with E-state index in [0.29, 0.717) is 18.8 Å². The molecule has 17 heavy (non-hydrogen) atoms. The Morgan fingerprint density at radius 1 is 1.59 bits per heavy atom. The Kier molecular flexibility index (Phi) is 4.91. The molecule has 0 spiro atoms. The van der Waals surface area contributed by atoms with Gasteiger partial charge in [0, 0.05) is 32.4 Å². The van der Waals surface area contributed by atoms with Crippen LogP contribution in [0, 0.1) is 21.4 Å². The van der Waals surface area contributed by atoms with Gasteiger partial charge in [0.15, 0.2) is 0 Å². The Morgan fingerprint density at radius 2 is 2.35 bits per heavy atom. The second-order valence-electron chi connectivity index (χ2n) is 3.37. The minimum absolute atomic E-state index is 0.0796. The van der Waals surface area contributed by atoms with E-state index in [4.69, 9.17) is 10.00 Å². The predicted octanol–water partition coefficient (Wildman–Crippen LogP) is 1.91. The first-order valence-electron chi connectivity index (χ1n) is 5.10. The molecule has 0 fully saturated rings. The number of ether oxygens (including phenoxy) is 1. The van der Waals surface area contributed by atoms with Crippen LogP contribution in [0.4, 0.5) is 11.4 Å². The van der Waals surface area contributed by atoms with Gasteiger partial charge < -0.3 is 10.1 Å². The number of nitro benzene ring substituents is 1. The second kappa shape index (κ2) is 6.45. The SMILES string of the molecule is COCCCNc1ccc([N+](=O)[O-])cc1C#N. The van der Waals surface area contributed by atoms with E-state index in [2.05, 4.69) is 5.32 Å². The summed E-state index contributed by atoms with van der Waals surface area (Å²) < 4.78 is 4.89. The smallest absolute Gasteiger partial charge is 0.270 e. The fraction of sp³-hybridized carbons (Fsp3) is 0.364. The van der Waals surface area contributed by atoms with Gasteiger partial charge in [-0.1, -0.05) is 0 Å². The van der Waals surface area contributed by atoms with Gasteiger partial charge in [0.1, 0.15) is 6.07 Å². The van der Waals surface area contributed by atoms with Gasteiger partial charge in [-0.05, 0) is 12.5 Å². The Labute approximate surface area is 99.0 Å². The summed E-state index contributed by atoms with van der Waals surface area (Å²) in [6, 6.07) is 6.12. The van der Waals surface area contributed by atoms with Crippen molar-refractivity contribution in [3.8, 4) is 6.07 Å². The maximum absolute atomic E-state index is 10.5. The molecule has 0 aromatic heterocycles. The Morgan fingerprint density at radius 3 is 2.94 bits per heavy atom. The lowest BCUT2D eigenvalue weighted by molar-refractivity contribution is -0.384. The zero-order chi connectivity index (χ0) is 12.7. The third-order valence-electron chi connectivity index (χ3n) is 2.18. The summed E-state index contributed by atoms with van der Waals surface area (Å²) in [5.74, 6) is 0. The van der Waals surface area contributed by atoms with Crippen LogP contribution in [0.25, 0.3) is 0 Å². The topological polar surface area (TPSA) is 88.2 Å². The van der Waals surface area contributed by atoms with Crippen molar-refractivity contribution in [2.45, 2.75) is 6.42 Å². The van der Waals surface area contributed by atoms with E-state index >= 15 is 0 Å². The Hall–Kier alpha value is -2.13. The molecule has 1 rings (SSSR count). The number of hydrogen-bond donors (Lipinski definition) is 1. The van der Waals surface area contributed by atoms with E-state index in [1.54, 1.807) is 13.2 Å². The van der Waals surface area contributed by atoms with Crippen LogP contribution >= 0.6 is 0 Å². The first-order valence-corrected chi connectivity index (χ1v) is 5.10. The van der Waals surface area contributed by atoms with Gasteiger partial charge in [-0.3, -0.25) is 10.1 Å². The molecule has 0 saturated carbocycles. The first-order chi connectivity index (χ1) is 8.19. The highest BCUT2D eigenvalue weighted by Crippen LogP contribution is 2.21. The van der Waals surface area contributed by atoms with Crippen LogP contribution in [0.5, 0.6) is 0 Å². The van der Waals surface area contributed by atoms with E-state index in [0.717, 1.165) is 6.42 Å². The van der Waals surface area contributed by atoms with Crippen molar-refractivity contribution >= 4 is 11.4 Å². The normalized spacial score (nSPS) is 9.65. The van der Waals surface area contributed by atoms with Crippen molar-refractivity contribution in [1.82, 2.24) is 0 Å². The minimum atomic E-state index is -0.518. The van der Waals surface area contributed by atoms with E-state index in [1.807, 2.05) is 6.07 Å². The molecule has 0 saturated heterocycles. The molecule has 0 bridgehead atoms. The van der Waals surface area contributed by atoms with Gasteiger partial charge in [0.2, 0.25) is 0 Å². The molecule has 0 unspecified atom stereocenters. The number of nitriles is 1. The largest absolute Gasteiger partial charge is 0.385 e. The summed E-state index contributed by atoms with van der Waals surface area (Å²) in [6.07, 6.45) is 0.804. The van der Waals surface area contributed by atoms with Crippen molar-refractivity contribution < 1.29 is 9.66 Å². The van der Waals surface area contributed by atoms with Crippen molar-refractivity contribution in [2.24, 2.45) is 0 Å². The number of benzene rings is 1. The van der Waals surface area contributed by atoms with Crippen LogP contribution in [0.15, 0.2) is 18.2 Å². The van der Waals surface area contributed by atoms with Gasteiger partial charge in [-0.2, -0.15) is 5.26 Å². The summed E-state index contributed by atoms with van der Waals surface area (Å²) >= 11 is 0. The number of hydrogen-bond acceptors (Lipinski definition) is 5. The average molecular weight is 235 g/mol. The van der Waals surface area contributed by atoms with E-state index < -0.39 is 4.92 Å². The summed E-state index contributed by atoms with van der Waals surface area (Å²) in [4.78, 5) is 10.0. The van der Waals surface area contributed by atoms with E-state index in [-0.39, 0.29) is 11.3 Å². The molecule has 0 aliphatic rings. The number of nitro groups is 1.